The number of aliphatic hydroxyl groups excluding tert-OH is 3. The number of nitrogens with one attached hydrogen (secondary N) is 6. The van der Waals surface area contributed by atoms with E-state index in [1.54, 1.807) is 0 Å². The molecule has 0 bridgehead atoms. The van der Waals surface area contributed by atoms with E-state index < -0.39 is 146 Å². The van der Waals surface area contributed by atoms with E-state index in [1.807, 2.05) is 11.8 Å². The van der Waals surface area contributed by atoms with Crippen molar-refractivity contribution in [1.82, 2.24) is 31.9 Å². The molecule has 4 heterocycles. The van der Waals surface area contributed by atoms with Crippen LogP contribution in [0.15, 0.2) is 0 Å². The second-order valence-corrected chi connectivity index (χ2v) is 21.8. The van der Waals surface area contributed by atoms with Gasteiger partial charge in [-0.15, -0.1) is 0 Å². The predicted octanol–water partition coefficient (Wildman–Crippen LogP) is -1.70. The lowest BCUT2D eigenvalue weighted by Gasteiger charge is -2.50. The Labute approximate surface area is 477 Å². The predicted molar refractivity (Wildman–Crippen MR) is 280 cm³/mol. The number of aliphatic hydroxyl groups is 3. The minimum Gasteiger partial charge on any atom is -0.477 e. The fraction of sp³-hybridized carbons (Fsp3) is 0.784. The SMILES string of the molecule is CC(=O)N[C@H]1[C@H]([C@H](OC(C)=O)[C@H](O)COC(C)=O)O[C@@](O[C@H](CO)[C@@H](O)[C@@H]2O[C@@](OCCCCCNC(=O)CCCCCNC(=O)CCCC[C@@H]3SC[C@@H]4NC(=O)N[C@@H]43)(C(=O)O)C[C@H](OC(C)=O)[C@H]2NC(C)=O)(C(=O)O)C[C@@H]1OC(C)=O. The van der Waals surface area contributed by atoms with Gasteiger partial charge in [-0.3, -0.25) is 38.4 Å². The van der Waals surface area contributed by atoms with Gasteiger partial charge in [-0.25, -0.2) is 14.4 Å². The van der Waals surface area contributed by atoms with E-state index in [9.17, 15) is 78.3 Å². The maximum absolute atomic E-state index is 13.5. The molecule has 0 saturated carbocycles. The van der Waals surface area contributed by atoms with Crippen molar-refractivity contribution >= 4 is 77.2 Å². The molecule has 4 saturated heterocycles. The molecule has 464 valence electrons. The normalized spacial score (nSPS) is 28.0. The maximum atomic E-state index is 13.5. The number of hydrogen-bond donors (Lipinski definition) is 11. The van der Waals surface area contributed by atoms with Crippen molar-refractivity contribution in [3.63, 3.8) is 0 Å². The first kappa shape index (κ1) is 68.5. The number of rotatable bonds is 34. The van der Waals surface area contributed by atoms with Crippen LogP contribution in [0.25, 0.3) is 0 Å². The van der Waals surface area contributed by atoms with E-state index in [4.69, 9.17) is 37.9 Å². The Morgan fingerprint density at radius 1 is 0.683 bits per heavy atom. The molecule has 4 aliphatic rings. The number of carbonyl (C=O) groups is 11. The third kappa shape index (κ3) is 20.7. The minimum atomic E-state index is -3.22. The molecule has 0 aromatic rings. The lowest BCUT2D eigenvalue weighted by molar-refractivity contribution is -0.346. The molecule has 0 unspecified atom stereocenters. The summed E-state index contributed by atoms with van der Waals surface area (Å²) >= 11 is 1.84. The van der Waals surface area contributed by atoms with Gasteiger partial charge in [0.15, 0.2) is 6.10 Å². The third-order valence-corrected chi connectivity index (χ3v) is 15.3. The number of carboxylic acids is 2. The number of ether oxygens (including phenoxy) is 8. The molecule has 31 heteroatoms. The van der Waals surface area contributed by atoms with Crippen LogP contribution in [0.5, 0.6) is 0 Å². The van der Waals surface area contributed by atoms with Crippen molar-refractivity contribution < 1.29 is 116 Å². The van der Waals surface area contributed by atoms with E-state index in [-0.39, 0.29) is 55.9 Å². The second-order valence-electron chi connectivity index (χ2n) is 20.5. The lowest BCUT2D eigenvalue weighted by Crippen LogP contribution is -2.71. The summed E-state index contributed by atoms with van der Waals surface area (Å²) in [5.41, 5.74) is 0. The van der Waals surface area contributed by atoms with Crippen LogP contribution >= 0.6 is 11.8 Å². The Morgan fingerprint density at radius 2 is 1.22 bits per heavy atom. The van der Waals surface area contributed by atoms with E-state index in [0.717, 1.165) is 66.6 Å². The molecule has 82 heavy (non-hydrogen) atoms. The Morgan fingerprint density at radius 3 is 1.74 bits per heavy atom. The standard InChI is InChI=1S/C51H80N6O24S/c1-26(59)54-41-34(76-29(4)62)21-50(47(69)70,75-20-14-8-13-19-53-38(66)16-9-7-12-18-52-39(67)17-11-10-15-37-40-32(25-82-37)56-49(73)57-40)80-45(41)43(68)36(23-58)79-51(48(71)72)22-35(77-30(5)63)42(55-27(2)60)46(81-51)44(78-31(6)64)33(65)24-74-28(3)61/h32-37,40-46,58,65,68H,7-25H2,1-6H3,(H,52,67)(H,53,66)(H,54,59)(H,55,60)(H,69,70)(H,71,72)(H2,56,57,73)/t32-,33+,34-,35-,36+,37-,40-,41+,42+,43+,44+,45+,46+,50+,51+/m0/s1. The monoisotopic (exact) mass is 1190 g/mol. The zero-order chi connectivity index (χ0) is 60.9. The average molecular weight is 1190 g/mol. The molecule has 0 aromatic heterocycles. The molecule has 4 fully saturated rings. The quantitative estimate of drug-likeness (QED) is 0.0148. The highest BCUT2D eigenvalue weighted by Gasteiger charge is 2.62. The van der Waals surface area contributed by atoms with Gasteiger partial charge in [-0.1, -0.05) is 12.8 Å². The average Bonchev–Trinajstić information content (AvgIpc) is 3.78. The van der Waals surface area contributed by atoms with Crippen molar-refractivity contribution in [3.8, 4) is 0 Å². The van der Waals surface area contributed by atoms with E-state index in [0.29, 0.717) is 50.3 Å². The maximum Gasteiger partial charge on any atom is 0.364 e. The van der Waals surface area contributed by atoms with Crippen LogP contribution in [-0.2, 0) is 85.8 Å². The first-order chi connectivity index (χ1) is 38.7. The third-order valence-electron chi connectivity index (χ3n) is 13.8. The number of unbranched alkanes of at least 4 members (excludes halogenated alkanes) is 5. The van der Waals surface area contributed by atoms with Gasteiger partial charge in [0.05, 0.1) is 50.2 Å². The van der Waals surface area contributed by atoms with Crippen LogP contribution in [0.4, 0.5) is 4.79 Å². The Balaban J connectivity index is 1.39. The summed E-state index contributed by atoms with van der Waals surface area (Å²) in [6.45, 7) is 3.95. The fourth-order valence-corrected chi connectivity index (χ4v) is 11.7. The number of fused-ring (bicyclic) bond motifs is 1. The molecule has 0 aromatic carbocycles. The zero-order valence-electron chi connectivity index (χ0n) is 46.8. The number of thioether (sulfide) groups is 1. The molecule has 0 spiro atoms. The lowest BCUT2D eigenvalue weighted by atomic mass is 9.87. The van der Waals surface area contributed by atoms with Gasteiger partial charge < -0.3 is 95.3 Å². The number of amides is 6. The molecule has 30 nitrogen and oxygen atoms in total. The molecule has 0 radical (unpaired) electrons. The van der Waals surface area contributed by atoms with Gasteiger partial charge in [0.2, 0.25) is 23.6 Å². The van der Waals surface area contributed by atoms with Gasteiger partial charge in [0.1, 0.15) is 49.3 Å². The van der Waals surface area contributed by atoms with E-state index >= 15 is 0 Å². The molecule has 4 aliphatic heterocycles. The Bertz CT molecular complexity index is 2250. The van der Waals surface area contributed by atoms with Crippen LogP contribution in [-0.4, -0.2) is 219 Å². The van der Waals surface area contributed by atoms with Crippen LogP contribution in [0.3, 0.4) is 0 Å². The summed E-state index contributed by atoms with van der Waals surface area (Å²) in [4.78, 5) is 138. The largest absolute Gasteiger partial charge is 0.477 e. The fourth-order valence-electron chi connectivity index (χ4n) is 10.1. The number of carboxylic acid groups (broad SMARTS) is 2. The van der Waals surface area contributed by atoms with Crippen LogP contribution in [0.1, 0.15) is 125 Å². The molecular weight excluding hydrogens is 1110 g/mol. The van der Waals surface area contributed by atoms with Crippen molar-refractivity contribution in [3.05, 3.63) is 0 Å². The highest BCUT2D eigenvalue weighted by atomic mass is 32.2. The minimum absolute atomic E-state index is 0.0328. The summed E-state index contributed by atoms with van der Waals surface area (Å²) in [6.07, 6.45) is -12.1. The summed E-state index contributed by atoms with van der Waals surface area (Å²) in [7, 11) is 0. The molecule has 0 aliphatic carbocycles. The van der Waals surface area contributed by atoms with Crippen molar-refractivity contribution in [2.75, 3.05) is 38.7 Å². The number of carbonyl (C=O) groups excluding carboxylic acids is 9. The highest BCUT2D eigenvalue weighted by Crippen LogP contribution is 2.40. The number of aliphatic carboxylic acids is 2. The first-order valence-electron chi connectivity index (χ1n) is 27.2. The molecule has 11 N–H and O–H groups in total. The molecular formula is C51H80N6O24S. The summed E-state index contributed by atoms with van der Waals surface area (Å²) in [5.74, 6) is -14.9. The van der Waals surface area contributed by atoms with Gasteiger partial charge in [0.25, 0.3) is 11.6 Å². The summed E-state index contributed by atoms with van der Waals surface area (Å²) in [5, 5.41) is 72.6. The van der Waals surface area contributed by atoms with E-state index in [2.05, 4.69) is 31.9 Å². The molecule has 6 amide bonds. The Kier molecular flexibility index (Phi) is 27.4. The number of esters is 4. The van der Waals surface area contributed by atoms with Crippen LogP contribution in [0.2, 0.25) is 0 Å². The summed E-state index contributed by atoms with van der Waals surface area (Å²) < 4.78 is 44.8. The molecule has 15 atom stereocenters. The highest BCUT2D eigenvalue weighted by molar-refractivity contribution is 8.00. The van der Waals surface area contributed by atoms with Gasteiger partial charge in [-0.2, -0.15) is 11.8 Å². The first-order valence-corrected chi connectivity index (χ1v) is 28.3. The topological polar surface area (TPSA) is 435 Å². The second kappa shape index (κ2) is 32.8. The van der Waals surface area contributed by atoms with Gasteiger partial charge >= 0.3 is 41.8 Å². The van der Waals surface area contributed by atoms with Crippen molar-refractivity contribution in [2.45, 2.75) is 215 Å². The van der Waals surface area contributed by atoms with Crippen LogP contribution in [0, 0.1) is 0 Å². The number of hydrogen-bond acceptors (Lipinski definition) is 23. The molecule has 4 rings (SSSR count). The smallest absolute Gasteiger partial charge is 0.364 e. The Hall–Kier alpha value is -5.96. The van der Waals surface area contributed by atoms with Crippen molar-refractivity contribution in [1.29, 1.82) is 0 Å². The van der Waals surface area contributed by atoms with E-state index in [1.165, 1.54) is 0 Å². The zero-order valence-corrected chi connectivity index (χ0v) is 47.7. The van der Waals surface area contributed by atoms with Gasteiger partial charge in [0, 0.05) is 78.5 Å². The van der Waals surface area contributed by atoms with Gasteiger partial charge in [-0.05, 0) is 44.9 Å². The summed E-state index contributed by atoms with van der Waals surface area (Å²) in [6, 6.07) is -3.16. The van der Waals surface area contributed by atoms with Crippen LogP contribution < -0.4 is 31.9 Å². The number of urea groups is 1. The van der Waals surface area contributed by atoms with Crippen molar-refractivity contribution in [2.24, 2.45) is 0 Å².